The Bertz CT molecular complexity index is 914. The lowest BCUT2D eigenvalue weighted by molar-refractivity contribution is -0.137. The van der Waals surface area contributed by atoms with Crippen molar-refractivity contribution in [2.45, 2.75) is 6.18 Å². The zero-order valence-electron chi connectivity index (χ0n) is 12.7. The number of alkyl halides is 3. The van der Waals surface area contributed by atoms with Crippen molar-refractivity contribution in [1.29, 1.82) is 0 Å². The molecule has 0 bridgehead atoms. The van der Waals surface area contributed by atoms with Gasteiger partial charge in [-0.05, 0) is 36.4 Å². The van der Waals surface area contributed by atoms with Crippen molar-refractivity contribution in [2.75, 3.05) is 16.3 Å². The number of halogens is 4. The summed E-state index contributed by atoms with van der Waals surface area (Å²) in [6, 6.07) is 7.92. The van der Waals surface area contributed by atoms with Crippen molar-refractivity contribution in [3.8, 4) is 0 Å². The third-order valence-corrected chi connectivity index (χ3v) is 3.80. The summed E-state index contributed by atoms with van der Waals surface area (Å²) in [6.45, 7) is 0. The SMILES string of the molecule is CS(=O)(=O)Nc1ccc(Cl)cc1C(=O)Nc1cccc(C(F)(F)F)c1. The molecule has 2 N–H and O–H groups in total. The minimum absolute atomic E-state index is 0.0450. The highest BCUT2D eigenvalue weighted by atomic mass is 35.5. The molecule has 2 aromatic carbocycles. The Balaban J connectivity index is 2.34. The summed E-state index contributed by atoms with van der Waals surface area (Å²) in [4.78, 5) is 12.3. The summed E-state index contributed by atoms with van der Waals surface area (Å²) in [5.74, 6) is -0.812. The van der Waals surface area contributed by atoms with E-state index < -0.39 is 27.7 Å². The van der Waals surface area contributed by atoms with Crippen LogP contribution < -0.4 is 10.0 Å². The standard InChI is InChI=1S/C15H12ClF3N2O3S/c1-25(23,24)21-13-6-5-10(16)8-12(13)14(22)20-11-4-2-3-9(7-11)15(17,18)19/h2-8,21H,1H3,(H,20,22). The van der Waals surface area contributed by atoms with Gasteiger partial charge in [-0.3, -0.25) is 9.52 Å². The molecule has 0 spiro atoms. The number of carbonyl (C=O) groups excluding carboxylic acids is 1. The molecule has 0 aromatic heterocycles. The highest BCUT2D eigenvalue weighted by molar-refractivity contribution is 7.92. The lowest BCUT2D eigenvalue weighted by atomic mass is 10.1. The van der Waals surface area contributed by atoms with E-state index in [2.05, 4.69) is 10.0 Å². The molecule has 2 aromatic rings. The molecular weight excluding hydrogens is 381 g/mol. The molecule has 0 unspecified atom stereocenters. The Labute approximate surface area is 146 Å². The van der Waals surface area contributed by atoms with Crippen molar-refractivity contribution < 1.29 is 26.4 Å². The fourth-order valence-electron chi connectivity index (χ4n) is 1.96. The van der Waals surface area contributed by atoms with Gasteiger partial charge in [0.15, 0.2) is 0 Å². The van der Waals surface area contributed by atoms with Gasteiger partial charge in [0.25, 0.3) is 5.91 Å². The number of benzene rings is 2. The van der Waals surface area contributed by atoms with Crippen LogP contribution in [0.25, 0.3) is 0 Å². The van der Waals surface area contributed by atoms with Gasteiger partial charge in [0.1, 0.15) is 0 Å². The maximum absolute atomic E-state index is 12.7. The quantitative estimate of drug-likeness (QED) is 0.826. The van der Waals surface area contributed by atoms with E-state index in [1.54, 1.807) is 0 Å². The van der Waals surface area contributed by atoms with Crippen LogP contribution in [0.5, 0.6) is 0 Å². The predicted octanol–water partition coefficient (Wildman–Crippen LogP) is 3.98. The molecule has 1 amide bonds. The molecule has 134 valence electrons. The molecule has 0 heterocycles. The summed E-state index contributed by atoms with van der Waals surface area (Å²) >= 11 is 5.81. The van der Waals surface area contributed by atoms with E-state index in [4.69, 9.17) is 11.6 Å². The lowest BCUT2D eigenvalue weighted by Gasteiger charge is -2.13. The fourth-order valence-corrected chi connectivity index (χ4v) is 2.71. The van der Waals surface area contributed by atoms with Crippen LogP contribution in [0, 0.1) is 0 Å². The third kappa shape index (κ3) is 5.36. The van der Waals surface area contributed by atoms with Crippen LogP contribution in [0.15, 0.2) is 42.5 Å². The average molecular weight is 393 g/mol. The summed E-state index contributed by atoms with van der Waals surface area (Å²) < 4.78 is 63.1. The number of carbonyl (C=O) groups is 1. The van der Waals surface area contributed by atoms with Gasteiger partial charge in [-0.1, -0.05) is 17.7 Å². The van der Waals surface area contributed by atoms with Gasteiger partial charge >= 0.3 is 6.18 Å². The molecule has 0 atom stereocenters. The van der Waals surface area contributed by atoms with Gasteiger partial charge in [-0.25, -0.2) is 8.42 Å². The van der Waals surface area contributed by atoms with Gasteiger partial charge in [-0.15, -0.1) is 0 Å². The Kier molecular flexibility index (Phi) is 5.28. The van der Waals surface area contributed by atoms with Crippen LogP contribution in [0.2, 0.25) is 5.02 Å². The van der Waals surface area contributed by atoms with E-state index in [-0.39, 0.29) is 22.0 Å². The van der Waals surface area contributed by atoms with Crippen molar-refractivity contribution in [2.24, 2.45) is 0 Å². The molecule has 10 heteroatoms. The monoisotopic (exact) mass is 392 g/mol. The van der Waals surface area contributed by atoms with Gasteiger partial charge < -0.3 is 5.32 Å². The molecule has 0 fully saturated rings. The maximum atomic E-state index is 12.7. The largest absolute Gasteiger partial charge is 0.416 e. The first-order valence-corrected chi connectivity index (χ1v) is 8.98. The van der Waals surface area contributed by atoms with Crippen molar-refractivity contribution in [1.82, 2.24) is 0 Å². The Morgan fingerprint density at radius 3 is 2.40 bits per heavy atom. The first-order chi connectivity index (χ1) is 11.5. The Morgan fingerprint density at radius 1 is 1.12 bits per heavy atom. The first-order valence-electron chi connectivity index (χ1n) is 6.72. The van der Waals surface area contributed by atoms with E-state index in [1.807, 2.05) is 0 Å². The zero-order chi connectivity index (χ0) is 18.8. The highest BCUT2D eigenvalue weighted by Crippen LogP contribution is 2.31. The van der Waals surface area contributed by atoms with Crippen LogP contribution in [-0.4, -0.2) is 20.6 Å². The molecule has 0 saturated heterocycles. The topological polar surface area (TPSA) is 75.3 Å². The minimum atomic E-state index is -4.56. The molecule has 0 aliphatic carbocycles. The predicted molar refractivity (Wildman–Crippen MR) is 89.3 cm³/mol. The summed E-state index contributed by atoms with van der Waals surface area (Å²) in [5, 5.41) is 2.45. The van der Waals surface area contributed by atoms with E-state index in [9.17, 15) is 26.4 Å². The summed E-state index contributed by atoms with van der Waals surface area (Å²) in [5.41, 5.74) is -1.19. The van der Waals surface area contributed by atoms with E-state index in [0.29, 0.717) is 0 Å². The number of hydrogen-bond acceptors (Lipinski definition) is 3. The second-order valence-corrected chi connectivity index (χ2v) is 7.28. The van der Waals surface area contributed by atoms with Gasteiger partial charge in [-0.2, -0.15) is 13.2 Å². The summed E-state index contributed by atoms with van der Waals surface area (Å²) in [7, 11) is -3.67. The normalized spacial score (nSPS) is 11.9. The lowest BCUT2D eigenvalue weighted by Crippen LogP contribution is -2.18. The molecule has 2 rings (SSSR count). The molecule has 0 aliphatic heterocycles. The number of nitrogens with one attached hydrogen (secondary N) is 2. The van der Waals surface area contributed by atoms with Crippen molar-refractivity contribution in [3.63, 3.8) is 0 Å². The Morgan fingerprint density at radius 2 is 1.80 bits per heavy atom. The van der Waals surface area contributed by atoms with Crippen LogP contribution in [0.1, 0.15) is 15.9 Å². The second-order valence-electron chi connectivity index (χ2n) is 5.10. The fraction of sp³-hybridized carbons (Fsp3) is 0.133. The summed E-state index contributed by atoms with van der Waals surface area (Å²) in [6.07, 6.45) is -3.66. The molecular formula is C15H12ClF3N2O3S. The number of anilines is 2. The van der Waals surface area contributed by atoms with Crippen LogP contribution in [-0.2, 0) is 16.2 Å². The number of hydrogen-bond donors (Lipinski definition) is 2. The first kappa shape index (κ1) is 19.1. The van der Waals surface area contributed by atoms with Crippen LogP contribution >= 0.6 is 11.6 Å². The van der Waals surface area contributed by atoms with E-state index in [1.165, 1.54) is 24.3 Å². The molecule has 0 aliphatic rings. The van der Waals surface area contributed by atoms with Crippen LogP contribution in [0.3, 0.4) is 0 Å². The van der Waals surface area contributed by atoms with Crippen molar-refractivity contribution >= 4 is 38.9 Å². The number of rotatable bonds is 4. The maximum Gasteiger partial charge on any atom is 0.416 e. The smallest absolute Gasteiger partial charge is 0.322 e. The van der Waals surface area contributed by atoms with Gasteiger partial charge in [0.2, 0.25) is 10.0 Å². The molecule has 0 radical (unpaired) electrons. The molecule has 0 saturated carbocycles. The van der Waals surface area contributed by atoms with E-state index in [0.717, 1.165) is 24.5 Å². The third-order valence-electron chi connectivity index (χ3n) is 2.97. The van der Waals surface area contributed by atoms with E-state index >= 15 is 0 Å². The van der Waals surface area contributed by atoms with Crippen molar-refractivity contribution in [3.05, 3.63) is 58.6 Å². The van der Waals surface area contributed by atoms with Crippen LogP contribution in [0.4, 0.5) is 24.5 Å². The number of sulfonamides is 1. The molecule has 25 heavy (non-hydrogen) atoms. The molecule has 5 nitrogen and oxygen atoms in total. The average Bonchev–Trinajstić information content (AvgIpc) is 2.47. The second kappa shape index (κ2) is 6.93. The zero-order valence-corrected chi connectivity index (χ0v) is 14.3. The van der Waals surface area contributed by atoms with Gasteiger partial charge in [0, 0.05) is 10.7 Å². The Hall–Kier alpha value is -2.26. The van der Waals surface area contributed by atoms with Gasteiger partial charge in [0.05, 0.1) is 23.1 Å². The number of amides is 1. The minimum Gasteiger partial charge on any atom is -0.322 e. The highest BCUT2D eigenvalue weighted by Gasteiger charge is 2.30.